The lowest BCUT2D eigenvalue weighted by atomic mass is 10.0. The van der Waals surface area contributed by atoms with Gasteiger partial charge in [-0.1, -0.05) is 215 Å². The number of ether oxygens (including phenoxy) is 2. The maximum absolute atomic E-state index is 6.04. The monoisotopic (exact) mass is 665 g/mol. The molecule has 0 fully saturated rings. The third kappa shape index (κ3) is 25.0. The van der Waals surface area contributed by atoms with E-state index in [2.05, 4.69) is 62.4 Å². The molecule has 0 aliphatic heterocycles. The van der Waals surface area contributed by atoms with Crippen LogP contribution in [0.25, 0.3) is 0 Å². The van der Waals surface area contributed by atoms with E-state index in [4.69, 9.17) is 9.47 Å². The second kappa shape index (κ2) is 31.5. The summed E-state index contributed by atoms with van der Waals surface area (Å²) < 4.78 is 12.1. The zero-order valence-electron chi connectivity index (χ0n) is 31.4. The summed E-state index contributed by atoms with van der Waals surface area (Å²) in [6, 6.07) is 17.7. The average molecular weight is 665 g/mol. The van der Waals surface area contributed by atoms with Crippen molar-refractivity contribution in [2.45, 2.75) is 194 Å². The smallest absolute Gasteiger partial charge is 0.119 e. The Balaban J connectivity index is 1.40. The van der Waals surface area contributed by atoms with Gasteiger partial charge in [0.2, 0.25) is 0 Å². The highest BCUT2D eigenvalue weighted by Crippen LogP contribution is 2.16. The summed E-state index contributed by atoms with van der Waals surface area (Å²) in [5.74, 6) is 2.04. The molecule has 0 bridgehead atoms. The van der Waals surface area contributed by atoms with E-state index in [9.17, 15) is 0 Å². The van der Waals surface area contributed by atoms with Gasteiger partial charge in [0, 0.05) is 0 Å². The molecular weight excluding hydrogens is 589 g/mol. The van der Waals surface area contributed by atoms with Crippen molar-refractivity contribution in [1.82, 2.24) is 0 Å². The molecule has 268 valence electrons. The first-order chi connectivity index (χ1) is 23.3. The average Bonchev–Trinajstić information content (AvgIpc) is 3.09. The van der Waals surface area contributed by atoms with E-state index in [1.54, 1.807) is 0 Å². The summed E-state index contributed by atoms with van der Waals surface area (Å²) in [5, 5.41) is 2.93. The molecule has 0 amide bonds. The van der Waals surface area contributed by atoms with Crippen molar-refractivity contribution in [3.63, 3.8) is 0 Å². The van der Waals surface area contributed by atoms with E-state index < -0.39 is 9.52 Å². The number of hydrogen-bond donors (Lipinski definition) is 0. The minimum absolute atomic E-state index is 0.473. The van der Waals surface area contributed by atoms with Crippen molar-refractivity contribution in [2.75, 3.05) is 13.2 Å². The van der Waals surface area contributed by atoms with Gasteiger partial charge in [-0.3, -0.25) is 0 Å². The van der Waals surface area contributed by atoms with E-state index in [1.807, 2.05) is 0 Å². The lowest BCUT2D eigenvalue weighted by molar-refractivity contribution is 0.304. The van der Waals surface area contributed by atoms with E-state index >= 15 is 0 Å². The minimum atomic E-state index is -0.473. The van der Waals surface area contributed by atoms with Crippen molar-refractivity contribution < 1.29 is 9.47 Å². The first-order valence-electron chi connectivity index (χ1n) is 20.7. The van der Waals surface area contributed by atoms with Gasteiger partial charge in [0.05, 0.1) is 22.7 Å². The van der Waals surface area contributed by atoms with Crippen molar-refractivity contribution in [3.05, 3.63) is 48.5 Å². The van der Waals surface area contributed by atoms with Crippen LogP contribution in [0.2, 0.25) is 0 Å². The lowest BCUT2D eigenvalue weighted by Crippen LogP contribution is -2.26. The largest absolute Gasteiger partial charge is 0.494 e. The van der Waals surface area contributed by atoms with E-state index in [1.165, 1.54) is 190 Å². The molecule has 3 heteroatoms. The van der Waals surface area contributed by atoms with Crippen molar-refractivity contribution >= 4 is 19.9 Å². The number of hydrogen-bond acceptors (Lipinski definition) is 2. The standard InChI is InChI=1S/C44H76O2Si/c1-3-5-7-9-11-13-15-17-19-21-23-25-27-29-39-45-41-31-35-43(36-32-41)47-44-37-33-42(34-38-44)46-40-30-28-26-24-22-20-18-16-14-12-10-8-6-4-2/h31-38H,3-30,39-40,47H2,1-2H3. The van der Waals surface area contributed by atoms with Crippen molar-refractivity contribution in [3.8, 4) is 11.5 Å². The topological polar surface area (TPSA) is 18.5 Å². The molecular formula is C44H76O2Si. The highest BCUT2D eigenvalue weighted by atomic mass is 28.2. The molecule has 2 rings (SSSR count). The zero-order chi connectivity index (χ0) is 33.3. The molecule has 2 nitrogen and oxygen atoms in total. The van der Waals surface area contributed by atoms with Crippen LogP contribution < -0.4 is 19.8 Å². The van der Waals surface area contributed by atoms with Crippen LogP contribution in [0.1, 0.15) is 194 Å². The second-order valence-electron chi connectivity index (χ2n) is 14.4. The first kappa shape index (κ1) is 41.4. The van der Waals surface area contributed by atoms with Crippen LogP contribution in [0, 0.1) is 0 Å². The normalized spacial score (nSPS) is 11.3. The van der Waals surface area contributed by atoms with Crippen LogP contribution in [-0.4, -0.2) is 22.7 Å². The van der Waals surface area contributed by atoms with Crippen molar-refractivity contribution in [1.29, 1.82) is 0 Å². The highest BCUT2D eigenvalue weighted by Gasteiger charge is 2.02. The molecule has 0 aromatic heterocycles. The van der Waals surface area contributed by atoms with Gasteiger partial charge in [-0.05, 0) is 37.1 Å². The predicted octanol–water partition coefficient (Wildman–Crippen LogP) is 12.5. The molecule has 2 aromatic carbocycles. The Bertz CT molecular complexity index is 834. The number of rotatable bonds is 34. The second-order valence-corrected chi connectivity index (χ2v) is 16.3. The van der Waals surface area contributed by atoms with Crippen LogP contribution in [0.4, 0.5) is 0 Å². The summed E-state index contributed by atoms with van der Waals surface area (Å²) >= 11 is 0. The van der Waals surface area contributed by atoms with Crippen LogP contribution in [0.15, 0.2) is 48.5 Å². The molecule has 0 radical (unpaired) electrons. The molecule has 47 heavy (non-hydrogen) atoms. The van der Waals surface area contributed by atoms with Crippen LogP contribution >= 0.6 is 0 Å². The molecule has 0 aliphatic carbocycles. The van der Waals surface area contributed by atoms with Gasteiger partial charge in [0.15, 0.2) is 0 Å². The van der Waals surface area contributed by atoms with E-state index in [0.717, 1.165) is 24.7 Å². The van der Waals surface area contributed by atoms with Crippen LogP contribution in [-0.2, 0) is 0 Å². The van der Waals surface area contributed by atoms with Crippen molar-refractivity contribution in [2.24, 2.45) is 0 Å². The summed E-state index contributed by atoms with van der Waals surface area (Å²) in [4.78, 5) is 0. The number of unbranched alkanes of at least 4 members (excludes halogenated alkanes) is 26. The van der Waals surface area contributed by atoms with E-state index in [0.29, 0.717) is 0 Å². The zero-order valence-corrected chi connectivity index (χ0v) is 32.8. The Labute approximate surface area is 295 Å². The first-order valence-corrected chi connectivity index (χ1v) is 22.2. The summed E-state index contributed by atoms with van der Waals surface area (Å²) in [6.07, 6.45) is 39.0. The molecule has 0 aliphatic rings. The van der Waals surface area contributed by atoms with Crippen LogP contribution in [0.5, 0.6) is 11.5 Å². The molecule has 0 spiro atoms. The van der Waals surface area contributed by atoms with Gasteiger partial charge < -0.3 is 9.47 Å². The fraction of sp³-hybridized carbons (Fsp3) is 0.727. The van der Waals surface area contributed by atoms with Gasteiger partial charge in [-0.2, -0.15) is 0 Å². The molecule has 0 N–H and O–H groups in total. The Morgan fingerprint density at radius 2 is 0.553 bits per heavy atom. The fourth-order valence-corrected chi connectivity index (χ4v) is 8.03. The maximum atomic E-state index is 6.04. The molecule has 0 saturated heterocycles. The van der Waals surface area contributed by atoms with Gasteiger partial charge >= 0.3 is 0 Å². The number of benzene rings is 2. The Hall–Kier alpha value is -1.74. The lowest BCUT2D eigenvalue weighted by Gasteiger charge is -2.09. The van der Waals surface area contributed by atoms with E-state index in [-0.39, 0.29) is 0 Å². The maximum Gasteiger partial charge on any atom is 0.119 e. The molecule has 0 saturated carbocycles. The summed E-state index contributed by atoms with van der Waals surface area (Å²) in [5.41, 5.74) is 0. The summed E-state index contributed by atoms with van der Waals surface area (Å²) in [7, 11) is -0.473. The SMILES string of the molecule is CCCCCCCCCCCCCCCCOc1ccc([SiH2]c2ccc(OCCCCCCCCCCCCCCCC)cc2)cc1. The third-order valence-electron chi connectivity index (χ3n) is 9.79. The molecule has 0 unspecified atom stereocenters. The van der Waals surface area contributed by atoms with Crippen LogP contribution in [0.3, 0.4) is 0 Å². The minimum Gasteiger partial charge on any atom is -0.494 e. The van der Waals surface area contributed by atoms with Gasteiger partial charge in [-0.25, -0.2) is 0 Å². The quantitative estimate of drug-likeness (QED) is 0.0547. The third-order valence-corrected chi connectivity index (χ3v) is 11.5. The van der Waals surface area contributed by atoms with Gasteiger partial charge in [-0.15, -0.1) is 0 Å². The molecule has 0 atom stereocenters. The fourth-order valence-electron chi connectivity index (χ4n) is 6.62. The van der Waals surface area contributed by atoms with Gasteiger partial charge in [0.1, 0.15) is 11.5 Å². The Morgan fingerprint density at radius 1 is 0.319 bits per heavy atom. The molecule has 0 heterocycles. The molecule has 2 aromatic rings. The summed E-state index contributed by atoms with van der Waals surface area (Å²) in [6.45, 7) is 6.28. The van der Waals surface area contributed by atoms with Gasteiger partial charge in [0.25, 0.3) is 0 Å². The Kier molecular flexibility index (Phi) is 27.8. The Morgan fingerprint density at radius 3 is 0.809 bits per heavy atom. The highest BCUT2D eigenvalue weighted by molar-refractivity contribution is 6.67. The predicted molar refractivity (Wildman–Crippen MR) is 212 cm³/mol.